The first-order valence-electron chi connectivity index (χ1n) is 5.98. The molecule has 1 aliphatic carbocycles. The molecule has 0 heterocycles. The van der Waals surface area contributed by atoms with Gasteiger partial charge in [0.05, 0.1) is 0 Å². The summed E-state index contributed by atoms with van der Waals surface area (Å²) in [4.78, 5) is 0. The Balaban J connectivity index is -0.000000189. The maximum atomic E-state index is 2.27. The first kappa shape index (κ1) is 23.0. The SMILES string of the molecule is C1=C\CC/C=C\CC/1.CP(C)C.CP(C)C.[Co]. The minimum atomic E-state index is 0. The molecule has 105 valence electrons. The van der Waals surface area contributed by atoms with Crippen LogP contribution in [-0.4, -0.2) is 40.0 Å². The van der Waals surface area contributed by atoms with Crippen LogP contribution in [0.1, 0.15) is 25.7 Å². The predicted molar refractivity (Wildman–Crippen MR) is 86.1 cm³/mol. The largest absolute Gasteiger partial charge is 0.116 e. The van der Waals surface area contributed by atoms with Crippen LogP contribution in [0.3, 0.4) is 0 Å². The van der Waals surface area contributed by atoms with Crippen LogP contribution in [-0.2, 0) is 16.8 Å². The van der Waals surface area contributed by atoms with E-state index in [9.17, 15) is 0 Å². The minimum absolute atomic E-state index is 0. The minimum Gasteiger partial charge on any atom is -0.116 e. The van der Waals surface area contributed by atoms with Crippen LogP contribution in [0.4, 0.5) is 0 Å². The van der Waals surface area contributed by atoms with E-state index in [1.165, 1.54) is 25.7 Å². The Kier molecular flexibility index (Phi) is 25.9. The molecule has 0 N–H and O–H groups in total. The summed E-state index contributed by atoms with van der Waals surface area (Å²) >= 11 is 0. The predicted octanol–water partition coefficient (Wildman–Crippen LogP) is 5.39. The Morgan fingerprint density at radius 3 is 0.765 bits per heavy atom. The molecule has 0 unspecified atom stereocenters. The van der Waals surface area contributed by atoms with E-state index in [-0.39, 0.29) is 16.8 Å². The van der Waals surface area contributed by atoms with Crippen molar-refractivity contribution in [2.24, 2.45) is 0 Å². The van der Waals surface area contributed by atoms with E-state index in [0.717, 1.165) is 0 Å². The zero-order valence-corrected chi connectivity index (χ0v) is 15.2. The molecule has 0 aromatic rings. The summed E-state index contributed by atoms with van der Waals surface area (Å²) in [6, 6.07) is 0. The van der Waals surface area contributed by atoms with E-state index < -0.39 is 0 Å². The molecule has 0 saturated carbocycles. The van der Waals surface area contributed by atoms with E-state index in [4.69, 9.17) is 0 Å². The van der Waals surface area contributed by atoms with Crippen LogP contribution >= 0.6 is 15.8 Å². The molecule has 1 aliphatic rings. The van der Waals surface area contributed by atoms with Gasteiger partial charge in [0.25, 0.3) is 0 Å². The van der Waals surface area contributed by atoms with Gasteiger partial charge in [0.2, 0.25) is 0 Å². The standard InChI is InChI=1S/C8H12.2C3H9P.Co/c1-2-4-6-8-7-5-3-1;2*1-4(2)3;/h1-2,7-8H,3-6H2;2*1-3H3;/b2-1-,8-7-;;;. The van der Waals surface area contributed by atoms with Gasteiger partial charge in [-0.25, -0.2) is 0 Å². The first-order valence-corrected chi connectivity index (χ1v) is 11.3. The molecule has 0 bridgehead atoms. The van der Waals surface area contributed by atoms with E-state index in [2.05, 4.69) is 64.3 Å². The maximum Gasteiger partial charge on any atom is 0 e. The van der Waals surface area contributed by atoms with Gasteiger partial charge >= 0.3 is 0 Å². The van der Waals surface area contributed by atoms with Gasteiger partial charge in [-0.15, -0.1) is 15.8 Å². The van der Waals surface area contributed by atoms with Gasteiger partial charge in [-0.3, -0.25) is 0 Å². The topological polar surface area (TPSA) is 0 Å². The quantitative estimate of drug-likeness (QED) is 0.415. The fraction of sp³-hybridized carbons (Fsp3) is 0.714. The number of allylic oxidation sites excluding steroid dienone is 4. The van der Waals surface area contributed by atoms with Crippen molar-refractivity contribution in [3.05, 3.63) is 24.3 Å². The third kappa shape index (κ3) is 47.4. The van der Waals surface area contributed by atoms with Crippen molar-refractivity contribution in [1.82, 2.24) is 0 Å². The summed E-state index contributed by atoms with van der Waals surface area (Å²) in [5.41, 5.74) is 0. The Morgan fingerprint density at radius 2 is 0.647 bits per heavy atom. The van der Waals surface area contributed by atoms with E-state index in [1.54, 1.807) is 0 Å². The Labute approximate surface area is 122 Å². The van der Waals surface area contributed by atoms with Crippen molar-refractivity contribution in [2.45, 2.75) is 25.7 Å². The van der Waals surface area contributed by atoms with Crippen LogP contribution in [0.5, 0.6) is 0 Å². The van der Waals surface area contributed by atoms with E-state index in [1.807, 2.05) is 0 Å². The van der Waals surface area contributed by atoms with Gasteiger partial charge in [-0.1, -0.05) is 24.3 Å². The van der Waals surface area contributed by atoms with Gasteiger partial charge in [-0.05, 0) is 65.7 Å². The molecule has 0 amide bonds. The van der Waals surface area contributed by atoms with Gasteiger partial charge < -0.3 is 0 Å². The molecule has 3 heteroatoms. The molecule has 0 aromatic heterocycles. The average Bonchev–Trinajstić information content (AvgIpc) is 1.98. The summed E-state index contributed by atoms with van der Waals surface area (Å²) in [7, 11) is 0.759. The molecule has 0 aliphatic heterocycles. The summed E-state index contributed by atoms with van der Waals surface area (Å²) in [5.74, 6) is 0. The van der Waals surface area contributed by atoms with Crippen molar-refractivity contribution in [1.29, 1.82) is 0 Å². The average molecular weight is 319 g/mol. The molecule has 1 rings (SSSR count). The molecular formula is C14H30CoP2. The van der Waals surface area contributed by atoms with Crippen molar-refractivity contribution >= 4 is 15.8 Å². The maximum absolute atomic E-state index is 2.27. The number of hydrogen-bond donors (Lipinski definition) is 0. The molecular weight excluding hydrogens is 289 g/mol. The number of rotatable bonds is 0. The Bertz CT molecular complexity index is 138. The summed E-state index contributed by atoms with van der Waals surface area (Å²) in [6.07, 6.45) is 14.0. The van der Waals surface area contributed by atoms with Crippen molar-refractivity contribution < 1.29 is 16.8 Å². The Morgan fingerprint density at radius 1 is 0.529 bits per heavy atom. The molecule has 0 atom stereocenters. The van der Waals surface area contributed by atoms with Gasteiger partial charge in [-0.2, -0.15) is 0 Å². The third-order valence-corrected chi connectivity index (χ3v) is 1.33. The molecule has 0 nitrogen and oxygen atoms in total. The van der Waals surface area contributed by atoms with E-state index >= 15 is 0 Å². The van der Waals surface area contributed by atoms with Crippen molar-refractivity contribution in [3.63, 3.8) is 0 Å². The molecule has 1 radical (unpaired) electrons. The fourth-order valence-electron chi connectivity index (χ4n) is 0.856. The monoisotopic (exact) mass is 319 g/mol. The zero-order valence-electron chi connectivity index (χ0n) is 12.4. The fourth-order valence-corrected chi connectivity index (χ4v) is 0.856. The molecule has 0 fully saturated rings. The smallest absolute Gasteiger partial charge is 0 e. The normalized spacial score (nSPS) is 17.4. The van der Waals surface area contributed by atoms with Crippen LogP contribution < -0.4 is 0 Å². The van der Waals surface area contributed by atoms with Gasteiger partial charge in [0.1, 0.15) is 0 Å². The Hall–Kier alpha value is 0.846. The zero-order chi connectivity index (χ0) is 12.8. The second-order valence-electron chi connectivity index (χ2n) is 4.78. The molecule has 0 aromatic carbocycles. The van der Waals surface area contributed by atoms with Crippen LogP contribution in [0.25, 0.3) is 0 Å². The third-order valence-electron chi connectivity index (χ3n) is 1.33. The molecule has 0 saturated heterocycles. The van der Waals surface area contributed by atoms with Crippen LogP contribution in [0.15, 0.2) is 24.3 Å². The van der Waals surface area contributed by atoms with Crippen LogP contribution in [0.2, 0.25) is 0 Å². The van der Waals surface area contributed by atoms with Crippen molar-refractivity contribution in [2.75, 3.05) is 40.0 Å². The molecule has 17 heavy (non-hydrogen) atoms. The molecule has 0 spiro atoms. The summed E-state index contributed by atoms with van der Waals surface area (Å²) in [6.45, 7) is 13.4. The number of hydrogen-bond acceptors (Lipinski definition) is 0. The van der Waals surface area contributed by atoms with Crippen LogP contribution in [0, 0.1) is 0 Å². The second-order valence-corrected chi connectivity index (χ2v) is 10.1. The van der Waals surface area contributed by atoms with Crippen molar-refractivity contribution in [3.8, 4) is 0 Å². The van der Waals surface area contributed by atoms with E-state index in [0.29, 0.717) is 15.8 Å². The summed E-state index contributed by atoms with van der Waals surface area (Å²) in [5, 5.41) is 0. The second kappa shape index (κ2) is 19.2. The van der Waals surface area contributed by atoms with Gasteiger partial charge in [0.15, 0.2) is 0 Å². The summed E-state index contributed by atoms with van der Waals surface area (Å²) < 4.78 is 0. The van der Waals surface area contributed by atoms with Gasteiger partial charge in [0, 0.05) is 16.8 Å². The first-order chi connectivity index (χ1) is 7.46.